The molecule has 1 aromatic carbocycles. The van der Waals surface area contributed by atoms with Crippen LogP contribution < -0.4 is 10.6 Å². The van der Waals surface area contributed by atoms with Crippen LogP contribution in [0.4, 0.5) is 13.2 Å². The van der Waals surface area contributed by atoms with Crippen LogP contribution >= 0.6 is 11.8 Å². The Morgan fingerprint density at radius 3 is 2.65 bits per heavy atom. The summed E-state index contributed by atoms with van der Waals surface area (Å²) in [6.45, 7) is -0.219. The summed E-state index contributed by atoms with van der Waals surface area (Å²) < 4.78 is 38.0. The molecule has 0 fully saturated rings. The number of hydrogen-bond acceptors (Lipinski definition) is 4. The van der Waals surface area contributed by atoms with E-state index in [1.807, 2.05) is 0 Å². The van der Waals surface area contributed by atoms with Crippen molar-refractivity contribution < 1.29 is 22.8 Å². The van der Waals surface area contributed by atoms with Crippen molar-refractivity contribution in [3.63, 3.8) is 0 Å². The van der Waals surface area contributed by atoms with Gasteiger partial charge in [-0.25, -0.2) is 0 Å². The summed E-state index contributed by atoms with van der Waals surface area (Å²) in [7, 11) is 0. The fraction of sp³-hybridized carbons (Fsp3) is 0.357. The molecule has 0 spiro atoms. The molecule has 1 rings (SSSR count). The van der Waals surface area contributed by atoms with Crippen LogP contribution in [0.3, 0.4) is 0 Å². The Labute approximate surface area is 135 Å². The zero-order valence-electron chi connectivity index (χ0n) is 12.1. The van der Waals surface area contributed by atoms with Crippen LogP contribution in [0.2, 0.25) is 0 Å². The van der Waals surface area contributed by atoms with Crippen LogP contribution in [0.25, 0.3) is 0 Å². The second-order valence-electron chi connectivity index (χ2n) is 4.44. The van der Waals surface area contributed by atoms with E-state index in [9.17, 15) is 22.8 Å². The van der Waals surface area contributed by atoms with Crippen LogP contribution in [0.1, 0.15) is 15.9 Å². The maximum Gasteiger partial charge on any atom is 0.416 e. The van der Waals surface area contributed by atoms with Crippen molar-refractivity contribution in [3.05, 3.63) is 35.4 Å². The average Bonchev–Trinajstić information content (AvgIpc) is 2.51. The first-order chi connectivity index (χ1) is 10.8. The predicted molar refractivity (Wildman–Crippen MR) is 79.7 cm³/mol. The smallest absolute Gasteiger partial charge is 0.341 e. The van der Waals surface area contributed by atoms with Crippen molar-refractivity contribution in [1.29, 1.82) is 5.26 Å². The summed E-state index contributed by atoms with van der Waals surface area (Å²) in [5.41, 5.74) is -1.14. The van der Waals surface area contributed by atoms with Gasteiger partial charge in [-0.3, -0.25) is 9.59 Å². The molecule has 2 N–H and O–H groups in total. The van der Waals surface area contributed by atoms with Gasteiger partial charge < -0.3 is 10.6 Å². The largest absolute Gasteiger partial charge is 0.416 e. The predicted octanol–water partition coefficient (Wildman–Crippen LogP) is 1.81. The summed E-state index contributed by atoms with van der Waals surface area (Å²) in [6, 6.07) is 4.71. The molecule has 9 heteroatoms. The molecule has 5 nitrogen and oxygen atoms in total. The zero-order chi connectivity index (χ0) is 17.5. The van der Waals surface area contributed by atoms with Gasteiger partial charge in [0.05, 0.1) is 11.6 Å². The maximum absolute atomic E-state index is 12.7. The minimum Gasteiger partial charge on any atom is -0.341 e. The van der Waals surface area contributed by atoms with Gasteiger partial charge in [0.25, 0.3) is 5.91 Å². The fourth-order valence-electron chi connectivity index (χ4n) is 1.68. The molecule has 0 aliphatic rings. The van der Waals surface area contributed by atoms with E-state index in [1.165, 1.54) is 17.8 Å². The summed E-state index contributed by atoms with van der Waals surface area (Å²) in [5, 5.41) is 13.1. The first-order valence-electron chi connectivity index (χ1n) is 6.41. The Balaban J connectivity index is 2.87. The van der Waals surface area contributed by atoms with E-state index in [4.69, 9.17) is 5.26 Å². The molecule has 0 heterocycles. The van der Waals surface area contributed by atoms with Crippen molar-refractivity contribution >= 4 is 23.6 Å². The topological polar surface area (TPSA) is 82.0 Å². The number of carbonyl (C=O) groups is 2. The van der Waals surface area contributed by atoms with Crippen molar-refractivity contribution in [2.45, 2.75) is 12.2 Å². The second-order valence-corrected chi connectivity index (χ2v) is 5.35. The molecule has 1 aromatic rings. The highest BCUT2D eigenvalue weighted by atomic mass is 32.2. The van der Waals surface area contributed by atoms with Gasteiger partial charge in [0, 0.05) is 11.3 Å². The first kappa shape index (κ1) is 18.8. The lowest BCUT2D eigenvalue weighted by Crippen LogP contribution is -2.48. The second kappa shape index (κ2) is 8.43. The molecule has 0 aliphatic carbocycles. The van der Waals surface area contributed by atoms with Crippen molar-refractivity contribution in [3.8, 4) is 6.07 Å². The van der Waals surface area contributed by atoms with Crippen LogP contribution in [0.5, 0.6) is 0 Å². The number of halogens is 3. The minimum atomic E-state index is -4.56. The molecule has 1 atom stereocenters. The molecular formula is C14H14F3N3O2S. The van der Waals surface area contributed by atoms with Gasteiger partial charge in [0.2, 0.25) is 5.91 Å². The van der Waals surface area contributed by atoms with Crippen molar-refractivity contribution in [1.82, 2.24) is 10.6 Å². The van der Waals surface area contributed by atoms with Gasteiger partial charge >= 0.3 is 6.18 Å². The third kappa shape index (κ3) is 5.83. The Morgan fingerprint density at radius 2 is 2.09 bits per heavy atom. The molecule has 0 saturated heterocycles. The lowest BCUT2D eigenvalue weighted by atomic mass is 10.1. The SMILES string of the molecule is CSCC(NC(=O)c1cccc(C(F)(F)F)c1)C(=O)NCC#N. The zero-order valence-corrected chi connectivity index (χ0v) is 12.9. The number of alkyl halides is 3. The molecule has 1 unspecified atom stereocenters. The summed E-state index contributed by atoms with van der Waals surface area (Å²) >= 11 is 1.28. The standard InChI is InChI=1S/C14H14F3N3O2S/c1-23-8-11(13(22)19-6-5-18)20-12(21)9-3-2-4-10(7-9)14(15,16)17/h2-4,7,11H,6,8H2,1H3,(H,19,22)(H,20,21). The molecule has 0 aromatic heterocycles. The molecule has 124 valence electrons. The summed E-state index contributed by atoms with van der Waals surface area (Å²) in [6.07, 6.45) is -2.85. The van der Waals surface area contributed by atoms with E-state index in [0.717, 1.165) is 18.2 Å². The van der Waals surface area contributed by atoms with Crippen LogP contribution in [0, 0.1) is 11.3 Å². The van der Waals surface area contributed by atoms with Crippen molar-refractivity contribution in [2.24, 2.45) is 0 Å². The maximum atomic E-state index is 12.7. The molecular weight excluding hydrogens is 331 g/mol. The average molecular weight is 345 g/mol. The first-order valence-corrected chi connectivity index (χ1v) is 7.80. The van der Waals surface area contributed by atoms with E-state index < -0.39 is 29.6 Å². The van der Waals surface area contributed by atoms with Crippen LogP contribution in [-0.4, -0.2) is 36.4 Å². The van der Waals surface area contributed by atoms with Gasteiger partial charge in [0.1, 0.15) is 12.6 Å². The number of hydrogen-bond donors (Lipinski definition) is 2. The van der Waals surface area contributed by atoms with E-state index >= 15 is 0 Å². The number of nitrogens with one attached hydrogen (secondary N) is 2. The number of amides is 2. The molecule has 0 radical (unpaired) electrons. The third-order valence-corrected chi connectivity index (χ3v) is 3.42. The van der Waals surface area contributed by atoms with Crippen LogP contribution in [0.15, 0.2) is 24.3 Å². The van der Waals surface area contributed by atoms with Gasteiger partial charge in [-0.05, 0) is 24.5 Å². The number of benzene rings is 1. The summed E-state index contributed by atoms with van der Waals surface area (Å²) in [5.74, 6) is -1.13. The Hall–Kier alpha value is -2.21. The highest BCUT2D eigenvalue weighted by molar-refractivity contribution is 7.98. The lowest BCUT2D eigenvalue weighted by Gasteiger charge is -2.17. The van der Waals surface area contributed by atoms with E-state index in [1.54, 1.807) is 12.3 Å². The Kier molecular flexibility index (Phi) is 6.90. The van der Waals surface area contributed by atoms with Crippen molar-refractivity contribution in [2.75, 3.05) is 18.6 Å². The van der Waals surface area contributed by atoms with Gasteiger partial charge in [-0.1, -0.05) is 6.07 Å². The van der Waals surface area contributed by atoms with Gasteiger partial charge in [-0.2, -0.15) is 30.2 Å². The number of rotatable bonds is 6. The number of thioether (sulfide) groups is 1. The molecule has 0 bridgehead atoms. The highest BCUT2D eigenvalue weighted by Crippen LogP contribution is 2.29. The summed E-state index contributed by atoms with van der Waals surface area (Å²) in [4.78, 5) is 23.9. The highest BCUT2D eigenvalue weighted by Gasteiger charge is 2.31. The van der Waals surface area contributed by atoms with E-state index in [0.29, 0.717) is 0 Å². The van der Waals surface area contributed by atoms with E-state index in [-0.39, 0.29) is 17.9 Å². The number of nitrogens with zero attached hydrogens (tertiary/aromatic N) is 1. The Morgan fingerprint density at radius 1 is 1.39 bits per heavy atom. The van der Waals surface area contributed by atoms with Crippen LogP contribution in [-0.2, 0) is 11.0 Å². The van der Waals surface area contributed by atoms with E-state index in [2.05, 4.69) is 10.6 Å². The molecule has 2 amide bonds. The quantitative estimate of drug-likeness (QED) is 0.771. The number of nitriles is 1. The third-order valence-electron chi connectivity index (χ3n) is 2.75. The Bertz CT molecular complexity index is 614. The fourth-order valence-corrected chi connectivity index (χ4v) is 2.25. The number of carbonyl (C=O) groups excluding carboxylic acids is 2. The normalized spacial score (nSPS) is 12.1. The lowest BCUT2D eigenvalue weighted by molar-refractivity contribution is -0.137. The minimum absolute atomic E-state index is 0.195. The molecule has 0 saturated carbocycles. The van der Waals surface area contributed by atoms with Gasteiger partial charge in [-0.15, -0.1) is 0 Å². The molecule has 0 aliphatic heterocycles. The molecule has 23 heavy (non-hydrogen) atoms. The van der Waals surface area contributed by atoms with Gasteiger partial charge in [0.15, 0.2) is 0 Å². The monoisotopic (exact) mass is 345 g/mol.